The van der Waals surface area contributed by atoms with Gasteiger partial charge in [0.05, 0.1) is 6.10 Å². The molecule has 1 fully saturated rings. The molecule has 0 unspecified atom stereocenters. The van der Waals surface area contributed by atoms with E-state index in [1.165, 1.54) is 44.1 Å². The minimum absolute atomic E-state index is 0.505. The molecule has 1 aliphatic heterocycles. The van der Waals surface area contributed by atoms with Crippen LogP contribution in [0.5, 0.6) is 0 Å². The van der Waals surface area contributed by atoms with Gasteiger partial charge in [-0.25, -0.2) is 0 Å². The van der Waals surface area contributed by atoms with Crippen molar-refractivity contribution >= 4 is 11.8 Å². The summed E-state index contributed by atoms with van der Waals surface area (Å²) in [5, 5.41) is 0.689. The summed E-state index contributed by atoms with van der Waals surface area (Å²) >= 11 is 2.10. The van der Waals surface area contributed by atoms with Crippen molar-refractivity contribution in [1.82, 2.24) is 0 Å². The smallest absolute Gasteiger partial charge is 0.0694 e. The van der Waals surface area contributed by atoms with Crippen LogP contribution in [0.4, 0.5) is 0 Å². The van der Waals surface area contributed by atoms with Gasteiger partial charge >= 0.3 is 0 Å². The van der Waals surface area contributed by atoms with E-state index >= 15 is 0 Å². The molecule has 2 rings (SSSR count). The lowest BCUT2D eigenvalue weighted by atomic mass is 10.1. The Morgan fingerprint density at radius 1 is 1.26 bits per heavy atom. The molecule has 1 aromatic carbocycles. The van der Waals surface area contributed by atoms with E-state index in [0.717, 1.165) is 12.4 Å². The number of thioether (sulfide) groups is 1. The summed E-state index contributed by atoms with van der Waals surface area (Å²) in [7, 11) is 0. The Morgan fingerprint density at radius 2 is 2.11 bits per heavy atom. The Kier molecular flexibility index (Phi) is 6.80. The zero-order chi connectivity index (χ0) is 13.3. The van der Waals surface area contributed by atoms with Crippen LogP contribution in [0.3, 0.4) is 0 Å². The number of ether oxygens (including phenoxy) is 1. The Morgan fingerprint density at radius 3 is 2.79 bits per heavy atom. The fraction of sp³-hybridized carbons (Fsp3) is 0.647. The highest BCUT2D eigenvalue weighted by atomic mass is 32.2. The van der Waals surface area contributed by atoms with Crippen molar-refractivity contribution in [3.63, 3.8) is 0 Å². The van der Waals surface area contributed by atoms with E-state index in [1.54, 1.807) is 0 Å². The van der Waals surface area contributed by atoms with Gasteiger partial charge in [0.25, 0.3) is 0 Å². The molecule has 0 N–H and O–H groups in total. The second-order valence-electron chi connectivity index (χ2n) is 5.38. The highest BCUT2D eigenvalue weighted by Gasteiger charge is 2.25. The van der Waals surface area contributed by atoms with Crippen LogP contribution in [0, 0.1) is 0 Å². The third-order valence-corrected chi connectivity index (χ3v) is 5.25. The van der Waals surface area contributed by atoms with Gasteiger partial charge in [-0.3, -0.25) is 0 Å². The first-order valence-electron chi connectivity index (χ1n) is 7.67. The molecule has 1 aromatic rings. The van der Waals surface area contributed by atoms with Gasteiger partial charge in [0.1, 0.15) is 0 Å². The molecule has 0 aromatic heterocycles. The molecule has 2 atom stereocenters. The van der Waals surface area contributed by atoms with Gasteiger partial charge in [-0.15, -0.1) is 0 Å². The van der Waals surface area contributed by atoms with Crippen molar-refractivity contribution in [1.29, 1.82) is 0 Å². The molecular formula is C17H26OS. The van der Waals surface area contributed by atoms with Crippen molar-refractivity contribution in [2.24, 2.45) is 0 Å². The lowest BCUT2D eigenvalue weighted by Gasteiger charge is -2.22. The Balaban J connectivity index is 1.82. The zero-order valence-corrected chi connectivity index (χ0v) is 12.8. The number of unbranched alkanes of at least 4 members (excludes halogenated alkanes) is 2. The van der Waals surface area contributed by atoms with Crippen LogP contribution in [-0.4, -0.2) is 18.0 Å². The molecule has 1 saturated heterocycles. The maximum Gasteiger partial charge on any atom is 0.0694 e. The van der Waals surface area contributed by atoms with Crippen LogP contribution in [0.1, 0.15) is 51.0 Å². The molecule has 1 aliphatic rings. The second kappa shape index (κ2) is 8.65. The van der Waals surface area contributed by atoms with Gasteiger partial charge in [0.2, 0.25) is 0 Å². The minimum Gasteiger partial charge on any atom is -0.377 e. The van der Waals surface area contributed by atoms with E-state index in [-0.39, 0.29) is 0 Å². The number of hydrogen-bond donors (Lipinski definition) is 0. The molecule has 0 aliphatic carbocycles. The lowest BCUT2D eigenvalue weighted by Crippen LogP contribution is -2.22. The van der Waals surface area contributed by atoms with Crippen molar-refractivity contribution in [3.05, 3.63) is 35.9 Å². The third-order valence-electron chi connectivity index (χ3n) is 3.78. The molecule has 0 spiro atoms. The standard InChI is InChI=1S/C17H26OS/c1-2-3-5-12-17(16-11-8-13-18-16)19-14-15-9-6-4-7-10-15/h4,6-7,9-10,16-17H,2-3,5,8,11-14H2,1H3/t16-,17-/m0/s1. The van der Waals surface area contributed by atoms with E-state index < -0.39 is 0 Å². The fourth-order valence-corrected chi connectivity index (χ4v) is 4.01. The average Bonchev–Trinajstić information content (AvgIpc) is 2.98. The van der Waals surface area contributed by atoms with E-state index in [0.29, 0.717) is 11.4 Å². The molecule has 1 heterocycles. The van der Waals surface area contributed by atoms with Crippen molar-refractivity contribution in [2.45, 2.75) is 62.6 Å². The highest BCUT2D eigenvalue weighted by molar-refractivity contribution is 7.99. The summed E-state index contributed by atoms with van der Waals surface area (Å²) in [6, 6.07) is 10.8. The molecule has 0 radical (unpaired) electrons. The van der Waals surface area contributed by atoms with Crippen LogP contribution in [0.15, 0.2) is 30.3 Å². The van der Waals surface area contributed by atoms with Gasteiger partial charge in [0, 0.05) is 17.6 Å². The molecule has 1 nitrogen and oxygen atoms in total. The van der Waals surface area contributed by atoms with Crippen LogP contribution in [0.2, 0.25) is 0 Å². The van der Waals surface area contributed by atoms with Gasteiger partial charge in [-0.2, -0.15) is 11.8 Å². The first-order valence-corrected chi connectivity index (χ1v) is 8.72. The van der Waals surface area contributed by atoms with E-state index in [1.807, 2.05) is 0 Å². The molecule has 106 valence electrons. The zero-order valence-electron chi connectivity index (χ0n) is 12.0. The summed E-state index contributed by atoms with van der Waals surface area (Å²) in [6.07, 6.45) is 8.35. The summed E-state index contributed by atoms with van der Waals surface area (Å²) < 4.78 is 5.91. The first kappa shape index (κ1) is 14.9. The molecular weight excluding hydrogens is 252 g/mol. The molecule has 0 bridgehead atoms. The van der Waals surface area contributed by atoms with Gasteiger partial charge < -0.3 is 4.74 Å². The quantitative estimate of drug-likeness (QED) is 0.616. The Labute approximate surface area is 122 Å². The maximum absolute atomic E-state index is 5.91. The van der Waals surface area contributed by atoms with Gasteiger partial charge in [0.15, 0.2) is 0 Å². The van der Waals surface area contributed by atoms with Crippen LogP contribution >= 0.6 is 11.8 Å². The summed E-state index contributed by atoms with van der Waals surface area (Å²) in [5.41, 5.74) is 1.44. The summed E-state index contributed by atoms with van der Waals surface area (Å²) in [6.45, 7) is 3.25. The van der Waals surface area contributed by atoms with Gasteiger partial charge in [-0.05, 0) is 24.8 Å². The summed E-state index contributed by atoms with van der Waals surface area (Å²) in [5.74, 6) is 1.12. The van der Waals surface area contributed by atoms with Gasteiger partial charge in [-0.1, -0.05) is 56.5 Å². The topological polar surface area (TPSA) is 9.23 Å². The van der Waals surface area contributed by atoms with Crippen molar-refractivity contribution in [3.8, 4) is 0 Å². The first-order chi connectivity index (χ1) is 9.40. The monoisotopic (exact) mass is 278 g/mol. The van der Waals surface area contributed by atoms with E-state index in [9.17, 15) is 0 Å². The van der Waals surface area contributed by atoms with Crippen LogP contribution < -0.4 is 0 Å². The van der Waals surface area contributed by atoms with Crippen molar-refractivity contribution < 1.29 is 4.74 Å². The predicted octanol–water partition coefficient (Wildman–Crippen LogP) is 5.05. The SMILES string of the molecule is CCCCC[C@H](SCc1ccccc1)[C@@H]1CCCO1. The van der Waals surface area contributed by atoms with Crippen LogP contribution in [0.25, 0.3) is 0 Å². The number of hydrogen-bond acceptors (Lipinski definition) is 2. The number of rotatable bonds is 8. The molecule has 2 heteroatoms. The molecule has 19 heavy (non-hydrogen) atoms. The Bertz CT molecular complexity index is 332. The summed E-state index contributed by atoms with van der Waals surface area (Å²) in [4.78, 5) is 0. The van der Waals surface area contributed by atoms with Crippen molar-refractivity contribution in [2.75, 3.05) is 6.61 Å². The largest absolute Gasteiger partial charge is 0.377 e. The predicted molar refractivity (Wildman–Crippen MR) is 84.6 cm³/mol. The van der Waals surface area contributed by atoms with Crippen LogP contribution in [-0.2, 0) is 10.5 Å². The highest BCUT2D eigenvalue weighted by Crippen LogP contribution is 2.31. The third kappa shape index (κ3) is 5.19. The Hall–Kier alpha value is -0.470. The second-order valence-corrected chi connectivity index (χ2v) is 6.61. The maximum atomic E-state index is 5.91. The average molecular weight is 278 g/mol. The van der Waals surface area contributed by atoms with E-state index in [2.05, 4.69) is 49.0 Å². The number of benzene rings is 1. The fourth-order valence-electron chi connectivity index (χ4n) is 2.65. The normalized spacial score (nSPS) is 20.6. The molecule has 0 saturated carbocycles. The molecule has 0 amide bonds. The van der Waals surface area contributed by atoms with E-state index in [4.69, 9.17) is 4.74 Å². The lowest BCUT2D eigenvalue weighted by molar-refractivity contribution is 0.106. The minimum atomic E-state index is 0.505.